The largest absolute Gasteiger partial charge is 0.486 e. The summed E-state index contributed by atoms with van der Waals surface area (Å²) in [6.45, 7) is 0.707. The first-order valence-electron chi connectivity index (χ1n) is 5.68. The zero-order valence-corrected chi connectivity index (χ0v) is 12.0. The van der Waals surface area contributed by atoms with E-state index in [1.54, 1.807) is 19.2 Å². The second-order valence-electron chi connectivity index (χ2n) is 3.81. The normalized spacial score (nSPS) is 10.7. The maximum Gasteiger partial charge on any atom is 0.140 e. The zero-order valence-electron chi connectivity index (χ0n) is 10.4. The Morgan fingerprint density at radius 1 is 1.37 bits per heavy atom. The number of nitrogens with zero attached hydrogens (tertiary/aromatic N) is 1. The van der Waals surface area contributed by atoms with E-state index < -0.39 is 0 Å². The highest BCUT2D eigenvalue weighted by molar-refractivity contribution is 7.11. The van der Waals surface area contributed by atoms with E-state index in [4.69, 9.17) is 21.1 Å². The molecule has 0 aliphatic heterocycles. The molecule has 0 saturated heterocycles. The van der Waals surface area contributed by atoms with Crippen LogP contribution in [0.1, 0.15) is 15.6 Å². The summed E-state index contributed by atoms with van der Waals surface area (Å²) in [5.74, 6) is 0.696. The Hall–Kier alpha value is -1.14. The number of hydrogen-bond donors (Lipinski definition) is 1. The Kier molecular flexibility index (Phi) is 5.15. The van der Waals surface area contributed by atoms with Gasteiger partial charge in [0.1, 0.15) is 17.4 Å². The summed E-state index contributed by atoms with van der Waals surface area (Å²) in [6.07, 6.45) is 0. The molecule has 2 rings (SSSR count). The molecule has 0 saturated carbocycles. The molecule has 0 spiro atoms. The highest BCUT2D eigenvalue weighted by atomic mass is 35.5. The van der Waals surface area contributed by atoms with Crippen molar-refractivity contribution in [1.29, 1.82) is 0 Å². The fourth-order valence-corrected chi connectivity index (χ4v) is 2.60. The lowest BCUT2D eigenvalue weighted by Crippen LogP contribution is -1.96. The summed E-state index contributed by atoms with van der Waals surface area (Å²) >= 11 is 7.30. The van der Waals surface area contributed by atoms with Crippen molar-refractivity contribution < 1.29 is 14.6 Å². The molecule has 4 nitrogen and oxygen atoms in total. The van der Waals surface area contributed by atoms with Crippen molar-refractivity contribution in [2.75, 3.05) is 7.11 Å². The van der Waals surface area contributed by atoms with E-state index in [2.05, 4.69) is 4.98 Å². The standard InChI is InChI=1S/C13H14ClNO3S/c1-17-7-11-12(6-16)19-13(15-11)8-18-10-4-2-3-9(14)5-10/h2-5,16H,6-8H2,1H3. The van der Waals surface area contributed by atoms with Crippen LogP contribution in [0.2, 0.25) is 5.02 Å². The minimum atomic E-state index is -0.0342. The highest BCUT2D eigenvalue weighted by Crippen LogP contribution is 2.22. The van der Waals surface area contributed by atoms with E-state index in [9.17, 15) is 5.11 Å². The van der Waals surface area contributed by atoms with Crippen molar-refractivity contribution in [1.82, 2.24) is 4.98 Å². The van der Waals surface area contributed by atoms with E-state index in [1.165, 1.54) is 11.3 Å². The molecular weight excluding hydrogens is 286 g/mol. The quantitative estimate of drug-likeness (QED) is 0.891. The number of halogens is 1. The Balaban J connectivity index is 2.03. The maximum absolute atomic E-state index is 9.24. The molecule has 0 radical (unpaired) electrons. The van der Waals surface area contributed by atoms with Gasteiger partial charge in [-0.3, -0.25) is 0 Å². The summed E-state index contributed by atoms with van der Waals surface area (Å²) in [4.78, 5) is 5.20. The van der Waals surface area contributed by atoms with Gasteiger partial charge in [-0.05, 0) is 18.2 Å². The predicted octanol–water partition coefficient (Wildman–Crippen LogP) is 3.01. The Bertz CT molecular complexity index is 544. The Morgan fingerprint density at radius 3 is 2.89 bits per heavy atom. The monoisotopic (exact) mass is 299 g/mol. The second-order valence-corrected chi connectivity index (χ2v) is 5.42. The fraction of sp³-hybridized carbons (Fsp3) is 0.308. The van der Waals surface area contributed by atoms with Crippen molar-refractivity contribution in [3.63, 3.8) is 0 Å². The Labute approximate surface area is 120 Å². The topological polar surface area (TPSA) is 51.6 Å². The third kappa shape index (κ3) is 3.91. The zero-order chi connectivity index (χ0) is 13.7. The molecule has 19 heavy (non-hydrogen) atoms. The van der Waals surface area contributed by atoms with Crippen LogP contribution in [0.3, 0.4) is 0 Å². The van der Waals surface area contributed by atoms with Gasteiger partial charge in [0, 0.05) is 12.1 Å². The number of ether oxygens (including phenoxy) is 2. The van der Waals surface area contributed by atoms with Crippen molar-refractivity contribution >= 4 is 22.9 Å². The number of aliphatic hydroxyl groups is 1. The van der Waals surface area contributed by atoms with Crippen LogP contribution < -0.4 is 4.74 Å². The number of aromatic nitrogens is 1. The van der Waals surface area contributed by atoms with Gasteiger partial charge in [-0.25, -0.2) is 4.98 Å². The lowest BCUT2D eigenvalue weighted by molar-refractivity contribution is 0.178. The van der Waals surface area contributed by atoms with Crippen LogP contribution in [0, 0.1) is 0 Å². The molecule has 0 atom stereocenters. The van der Waals surface area contributed by atoms with Gasteiger partial charge in [-0.15, -0.1) is 11.3 Å². The van der Waals surface area contributed by atoms with E-state index >= 15 is 0 Å². The number of benzene rings is 1. The molecule has 0 bridgehead atoms. The summed E-state index contributed by atoms with van der Waals surface area (Å²) in [6, 6.07) is 7.20. The molecule has 1 aromatic carbocycles. The number of methoxy groups -OCH3 is 1. The number of thiazole rings is 1. The second kappa shape index (κ2) is 6.86. The van der Waals surface area contributed by atoms with Gasteiger partial charge in [0.05, 0.1) is 23.8 Å². The molecule has 1 N–H and O–H groups in total. The SMILES string of the molecule is COCc1nc(COc2cccc(Cl)c2)sc1CO. The summed E-state index contributed by atoms with van der Waals surface area (Å²) in [5.41, 5.74) is 0.764. The first-order chi connectivity index (χ1) is 9.22. The van der Waals surface area contributed by atoms with Crippen molar-refractivity contribution in [2.45, 2.75) is 19.8 Å². The molecule has 0 amide bonds. The summed E-state index contributed by atoms with van der Waals surface area (Å²) < 4.78 is 10.6. The van der Waals surface area contributed by atoms with Crippen LogP contribution in [0.25, 0.3) is 0 Å². The molecular formula is C13H14ClNO3S. The van der Waals surface area contributed by atoms with Gasteiger partial charge in [-0.2, -0.15) is 0 Å². The predicted molar refractivity (Wildman–Crippen MR) is 74.5 cm³/mol. The van der Waals surface area contributed by atoms with Crippen LogP contribution in [0.4, 0.5) is 0 Å². The van der Waals surface area contributed by atoms with Crippen molar-refractivity contribution in [3.05, 3.63) is 44.9 Å². The fourth-order valence-electron chi connectivity index (χ4n) is 1.57. The molecule has 6 heteroatoms. The van der Waals surface area contributed by atoms with E-state index in [-0.39, 0.29) is 6.61 Å². The number of aliphatic hydroxyl groups excluding tert-OH is 1. The smallest absolute Gasteiger partial charge is 0.140 e. The van der Waals surface area contributed by atoms with Gasteiger partial charge in [0.25, 0.3) is 0 Å². The van der Waals surface area contributed by atoms with E-state index in [0.717, 1.165) is 15.6 Å². The van der Waals surface area contributed by atoms with Crippen molar-refractivity contribution in [3.8, 4) is 5.75 Å². The summed E-state index contributed by atoms with van der Waals surface area (Å²) in [7, 11) is 1.60. The van der Waals surface area contributed by atoms with E-state index in [0.29, 0.717) is 24.0 Å². The number of rotatable bonds is 6. The Morgan fingerprint density at radius 2 is 2.21 bits per heavy atom. The van der Waals surface area contributed by atoms with Gasteiger partial charge in [0.2, 0.25) is 0 Å². The highest BCUT2D eigenvalue weighted by Gasteiger charge is 2.10. The first kappa shape index (κ1) is 14.3. The van der Waals surface area contributed by atoms with Gasteiger partial charge < -0.3 is 14.6 Å². The molecule has 1 heterocycles. The van der Waals surface area contributed by atoms with Crippen LogP contribution in [-0.4, -0.2) is 17.2 Å². The van der Waals surface area contributed by atoms with Gasteiger partial charge >= 0.3 is 0 Å². The molecule has 102 valence electrons. The third-order valence-electron chi connectivity index (χ3n) is 2.41. The van der Waals surface area contributed by atoms with Crippen molar-refractivity contribution in [2.24, 2.45) is 0 Å². The molecule has 0 fully saturated rings. The van der Waals surface area contributed by atoms with E-state index in [1.807, 2.05) is 12.1 Å². The summed E-state index contributed by atoms with van der Waals surface area (Å²) in [5, 5.41) is 10.7. The first-order valence-corrected chi connectivity index (χ1v) is 6.88. The van der Waals surface area contributed by atoms with Crippen LogP contribution in [0.5, 0.6) is 5.75 Å². The average Bonchev–Trinajstić information content (AvgIpc) is 2.79. The minimum absolute atomic E-state index is 0.0342. The van der Waals surface area contributed by atoms with Crippen LogP contribution in [-0.2, 0) is 24.6 Å². The van der Waals surface area contributed by atoms with Gasteiger partial charge in [-0.1, -0.05) is 17.7 Å². The third-order valence-corrected chi connectivity index (χ3v) is 3.70. The molecule has 1 aromatic heterocycles. The molecule has 2 aromatic rings. The molecule has 0 unspecified atom stereocenters. The molecule has 0 aliphatic rings. The lowest BCUT2D eigenvalue weighted by atomic mass is 10.3. The van der Waals surface area contributed by atoms with Crippen LogP contribution in [0.15, 0.2) is 24.3 Å². The minimum Gasteiger partial charge on any atom is -0.486 e. The van der Waals surface area contributed by atoms with Crippen LogP contribution >= 0.6 is 22.9 Å². The number of hydrogen-bond acceptors (Lipinski definition) is 5. The van der Waals surface area contributed by atoms with Gasteiger partial charge in [0.15, 0.2) is 0 Å². The average molecular weight is 300 g/mol. The molecule has 0 aliphatic carbocycles. The maximum atomic E-state index is 9.24. The lowest BCUT2D eigenvalue weighted by Gasteiger charge is -2.03.